The van der Waals surface area contributed by atoms with Crippen LogP contribution in [0.1, 0.15) is 30.5 Å². The third-order valence-corrected chi connectivity index (χ3v) is 3.64. The van der Waals surface area contributed by atoms with Gasteiger partial charge in [0.15, 0.2) is 0 Å². The van der Waals surface area contributed by atoms with Crippen molar-refractivity contribution in [2.75, 3.05) is 6.54 Å². The standard InChI is InChI=1S/C15H14BrF3N2/c1-2-5-21-15(9-6-10(17)8-20-7-9)13-12(18)4-3-11(16)14(13)19/h3-4,6-8,15,21H,2,5H2,1H3. The molecule has 2 aromatic rings. The zero-order valence-corrected chi connectivity index (χ0v) is 12.9. The van der Waals surface area contributed by atoms with E-state index in [1.54, 1.807) is 0 Å². The Morgan fingerprint density at radius 1 is 1.24 bits per heavy atom. The number of benzene rings is 1. The van der Waals surface area contributed by atoms with E-state index in [1.807, 2.05) is 6.92 Å². The first-order valence-corrected chi connectivity index (χ1v) is 7.31. The lowest BCUT2D eigenvalue weighted by Gasteiger charge is -2.21. The van der Waals surface area contributed by atoms with Crippen molar-refractivity contribution in [2.45, 2.75) is 19.4 Å². The van der Waals surface area contributed by atoms with Crippen molar-refractivity contribution in [2.24, 2.45) is 0 Å². The summed E-state index contributed by atoms with van der Waals surface area (Å²) in [6.07, 6.45) is 3.22. The van der Waals surface area contributed by atoms with Crippen LogP contribution in [0.2, 0.25) is 0 Å². The van der Waals surface area contributed by atoms with Crippen molar-refractivity contribution in [1.29, 1.82) is 0 Å². The number of aromatic nitrogens is 1. The molecule has 2 nitrogen and oxygen atoms in total. The number of hydrogen-bond acceptors (Lipinski definition) is 2. The molecule has 1 unspecified atom stereocenters. The summed E-state index contributed by atoms with van der Waals surface area (Å²) in [5.74, 6) is -1.94. The molecule has 0 aliphatic carbocycles. The van der Waals surface area contributed by atoms with Crippen molar-refractivity contribution in [3.8, 4) is 0 Å². The highest BCUT2D eigenvalue weighted by molar-refractivity contribution is 9.10. The Morgan fingerprint density at radius 2 is 2.00 bits per heavy atom. The number of nitrogens with zero attached hydrogens (tertiary/aromatic N) is 1. The third-order valence-electron chi connectivity index (χ3n) is 3.03. The summed E-state index contributed by atoms with van der Waals surface area (Å²) in [5, 5.41) is 3.03. The Bertz CT molecular complexity index is 634. The maximum atomic E-state index is 14.3. The van der Waals surface area contributed by atoms with E-state index in [0.29, 0.717) is 12.1 Å². The highest BCUT2D eigenvalue weighted by Gasteiger charge is 2.23. The Kier molecular flexibility index (Phi) is 5.36. The van der Waals surface area contributed by atoms with Crippen molar-refractivity contribution < 1.29 is 13.2 Å². The Hall–Kier alpha value is -1.40. The predicted octanol–water partition coefficient (Wildman–Crippen LogP) is 4.35. The van der Waals surface area contributed by atoms with Gasteiger partial charge in [0.1, 0.15) is 17.5 Å². The lowest BCUT2D eigenvalue weighted by atomic mass is 9.98. The fraction of sp³-hybridized carbons (Fsp3) is 0.267. The molecular formula is C15H14BrF3N2. The summed E-state index contributed by atoms with van der Waals surface area (Å²) in [4.78, 5) is 3.75. The van der Waals surface area contributed by atoms with Crippen LogP contribution in [0.5, 0.6) is 0 Å². The van der Waals surface area contributed by atoms with E-state index >= 15 is 0 Å². The van der Waals surface area contributed by atoms with Crippen molar-refractivity contribution in [3.05, 3.63) is 63.6 Å². The lowest BCUT2D eigenvalue weighted by Crippen LogP contribution is -2.25. The predicted molar refractivity (Wildman–Crippen MR) is 78.4 cm³/mol. The van der Waals surface area contributed by atoms with Gasteiger partial charge in [0.25, 0.3) is 0 Å². The molecule has 0 aliphatic rings. The van der Waals surface area contributed by atoms with Crippen LogP contribution in [0, 0.1) is 17.5 Å². The molecule has 6 heteroatoms. The molecule has 0 aliphatic heterocycles. The van der Waals surface area contributed by atoms with Crippen molar-refractivity contribution >= 4 is 15.9 Å². The number of nitrogens with one attached hydrogen (secondary N) is 1. The third kappa shape index (κ3) is 3.63. The van der Waals surface area contributed by atoms with Crippen LogP contribution in [-0.2, 0) is 0 Å². The lowest BCUT2D eigenvalue weighted by molar-refractivity contribution is 0.497. The largest absolute Gasteiger partial charge is 0.306 e. The van der Waals surface area contributed by atoms with E-state index < -0.39 is 23.5 Å². The van der Waals surface area contributed by atoms with Crippen LogP contribution in [0.25, 0.3) is 0 Å². The summed E-state index contributed by atoms with van der Waals surface area (Å²) in [6.45, 7) is 2.47. The van der Waals surface area contributed by atoms with Gasteiger partial charge in [-0.3, -0.25) is 4.98 Å². The number of rotatable bonds is 5. The molecule has 1 heterocycles. The summed E-state index contributed by atoms with van der Waals surface area (Å²) in [7, 11) is 0. The Labute approximate surface area is 129 Å². The molecule has 1 N–H and O–H groups in total. The highest BCUT2D eigenvalue weighted by Crippen LogP contribution is 2.30. The summed E-state index contributed by atoms with van der Waals surface area (Å²) < 4.78 is 41.9. The summed E-state index contributed by atoms with van der Waals surface area (Å²) in [6, 6.07) is 2.90. The highest BCUT2D eigenvalue weighted by atomic mass is 79.9. The van der Waals surface area contributed by atoms with Gasteiger partial charge in [-0.25, -0.2) is 13.2 Å². The van der Waals surface area contributed by atoms with Crippen LogP contribution < -0.4 is 5.32 Å². The molecule has 0 spiro atoms. The fourth-order valence-corrected chi connectivity index (χ4v) is 2.41. The quantitative estimate of drug-likeness (QED) is 0.803. The van der Waals surface area contributed by atoms with Gasteiger partial charge < -0.3 is 5.32 Å². The van der Waals surface area contributed by atoms with E-state index in [-0.39, 0.29) is 10.0 Å². The van der Waals surface area contributed by atoms with Gasteiger partial charge in [-0.1, -0.05) is 6.92 Å². The first-order chi connectivity index (χ1) is 10.0. The van der Waals surface area contributed by atoms with E-state index in [2.05, 4.69) is 26.2 Å². The van der Waals surface area contributed by atoms with Crippen LogP contribution in [0.3, 0.4) is 0 Å². The van der Waals surface area contributed by atoms with Crippen molar-refractivity contribution in [3.63, 3.8) is 0 Å². The van der Waals surface area contributed by atoms with Gasteiger partial charge in [0.2, 0.25) is 0 Å². The van der Waals surface area contributed by atoms with E-state index in [9.17, 15) is 13.2 Å². The second-order valence-corrected chi connectivity index (χ2v) is 5.43. The summed E-state index contributed by atoms with van der Waals surface area (Å²) in [5.41, 5.74) is 0.226. The second kappa shape index (κ2) is 7.04. The molecule has 0 saturated heterocycles. The molecule has 1 atom stereocenters. The van der Waals surface area contributed by atoms with Crippen molar-refractivity contribution in [1.82, 2.24) is 10.3 Å². The molecule has 112 valence electrons. The van der Waals surface area contributed by atoms with Gasteiger partial charge in [0.05, 0.1) is 16.7 Å². The van der Waals surface area contributed by atoms with Gasteiger partial charge in [-0.2, -0.15) is 0 Å². The molecule has 1 aromatic heterocycles. The number of hydrogen-bond donors (Lipinski definition) is 1. The van der Waals surface area contributed by atoms with E-state index in [4.69, 9.17) is 0 Å². The zero-order chi connectivity index (χ0) is 15.4. The molecular weight excluding hydrogens is 345 g/mol. The van der Waals surface area contributed by atoms with E-state index in [0.717, 1.165) is 12.6 Å². The maximum Gasteiger partial charge on any atom is 0.145 e. The molecule has 0 saturated carbocycles. The van der Waals surface area contributed by atoms with E-state index in [1.165, 1.54) is 24.4 Å². The summed E-state index contributed by atoms with van der Waals surface area (Å²) >= 11 is 3.04. The molecule has 1 aromatic carbocycles. The molecule has 21 heavy (non-hydrogen) atoms. The van der Waals surface area contributed by atoms with Gasteiger partial charge in [-0.15, -0.1) is 0 Å². The Balaban J connectivity index is 2.53. The number of halogens is 4. The van der Waals surface area contributed by atoms with Crippen LogP contribution >= 0.6 is 15.9 Å². The van der Waals surface area contributed by atoms with Crippen LogP contribution in [0.15, 0.2) is 35.1 Å². The molecule has 0 bridgehead atoms. The minimum Gasteiger partial charge on any atom is -0.306 e. The second-order valence-electron chi connectivity index (χ2n) is 4.58. The minimum absolute atomic E-state index is 0.148. The maximum absolute atomic E-state index is 14.3. The molecule has 0 fully saturated rings. The monoisotopic (exact) mass is 358 g/mol. The first-order valence-electron chi connectivity index (χ1n) is 6.51. The first kappa shape index (κ1) is 16.0. The fourth-order valence-electron chi connectivity index (χ4n) is 2.07. The van der Waals surface area contributed by atoms with Gasteiger partial charge in [-0.05, 0) is 52.7 Å². The van der Waals surface area contributed by atoms with Crippen LogP contribution in [0.4, 0.5) is 13.2 Å². The minimum atomic E-state index is -0.800. The normalized spacial score (nSPS) is 12.4. The molecule has 0 amide bonds. The number of pyridine rings is 1. The SMILES string of the molecule is CCCNC(c1cncc(F)c1)c1c(F)ccc(Br)c1F. The Morgan fingerprint density at radius 3 is 2.67 bits per heavy atom. The smallest absolute Gasteiger partial charge is 0.145 e. The zero-order valence-electron chi connectivity index (χ0n) is 11.3. The topological polar surface area (TPSA) is 24.9 Å². The molecule has 2 rings (SSSR count). The van der Waals surface area contributed by atoms with Gasteiger partial charge in [0, 0.05) is 11.8 Å². The van der Waals surface area contributed by atoms with Crippen LogP contribution in [-0.4, -0.2) is 11.5 Å². The van der Waals surface area contributed by atoms with Gasteiger partial charge >= 0.3 is 0 Å². The average Bonchev–Trinajstić information content (AvgIpc) is 2.46. The molecule has 0 radical (unpaired) electrons. The average molecular weight is 359 g/mol.